The quantitative estimate of drug-likeness (QED) is 0.937. The van der Waals surface area contributed by atoms with Crippen molar-refractivity contribution >= 4 is 5.97 Å². The van der Waals surface area contributed by atoms with E-state index in [2.05, 4.69) is 4.98 Å². The Balaban J connectivity index is 2.40. The van der Waals surface area contributed by atoms with Crippen molar-refractivity contribution in [3.8, 4) is 11.3 Å². The number of carboxylic acid groups (broad SMARTS) is 1. The summed E-state index contributed by atoms with van der Waals surface area (Å²) >= 11 is 0. The number of carbonyl (C=O) groups is 1. The largest absolute Gasteiger partial charge is 0.478 e. The van der Waals surface area contributed by atoms with Gasteiger partial charge in [0.05, 0.1) is 29.1 Å². The van der Waals surface area contributed by atoms with E-state index in [1.165, 1.54) is 31.4 Å². The van der Waals surface area contributed by atoms with E-state index in [0.717, 1.165) is 12.1 Å². The van der Waals surface area contributed by atoms with Gasteiger partial charge < -0.3 is 9.84 Å². The molecule has 0 aliphatic rings. The van der Waals surface area contributed by atoms with Crippen LogP contribution in [0.5, 0.6) is 0 Å². The number of rotatable bonds is 4. The summed E-state index contributed by atoms with van der Waals surface area (Å²) in [6.07, 6.45) is -4.40. The lowest BCUT2D eigenvalue weighted by molar-refractivity contribution is -0.137. The molecule has 1 N–H and O–H groups in total. The third-order valence-corrected chi connectivity index (χ3v) is 2.99. The number of benzene rings is 1. The maximum Gasteiger partial charge on any atom is 0.416 e. The maximum absolute atomic E-state index is 12.5. The standard InChI is InChI=1S/C15H12F3NO3/c1-22-8-13-11(14(20)21)6-7-12(19-13)9-2-4-10(5-3-9)15(16,17)18/h2-7H,8H2,1H3,(H,20,21). The minimum Gasteiger partial charge on any atom is -0.478 e. The van der Waals surface area contributed by atoms with E-state index in [9.17, 15) is 18.0 Å². The van der Waals surface area contributed by atoms with Crippen LogP contribution in [0.25, 0.3) is 11.3 Å². The second-order valence-electron chi connectivity index (χ2n) is 4.50. The molecule has 0 unspecified atom stereocenters. The highest BCUT2D eigenvalue weighted by Gasteiger charge is 2.30. The second-order valence-corrected chi connectivity index (χ2v) is 4.50. The number of carboxylic acids is 1. The Hall–Kier alpha value is -2.41. The first-order valence-corrected chi connectivity index (χ1v) is 6.22. The zero-order valence-electron chi connectivity index (χ0n) is 11.5. The van der Waals surface area contributed by atoms with Gasteiger partial charge in [-0.1, -0.05) is 12.1 Å². The molecule has 22 heavy (non-hydrogen) atoms. The molecule has 0 saturated carbocycles. The fourth-order valence-corrected chi connectivity index (χ4v) is 1.93. The van der Waals surface area contributed by atoms with Gasteiger partial charge in [-0.2, -0.15) is 13.2 Å². The van der Waals surface area contributed by atoms with E-state index in [1.54, 1.807) is 0 Å². The highest BCUT2D eigenvalue weighted by molar-refractivity contribution is 5.89. The molecule has 0 aliphatic carbocycles. The van der Waals surface area contributed by atoms with Gasteiger partial charge in [-0.05, 0) is 24.3 Å². The highest BCUT2D eigenvalue weighted by atomic mass is 19.4. The molecular weight excluding hydrogens is 299 g/mol. The minimum atomic E-state index is -4.40. The molecule has 1 aromatic heterocycles. The van der Waals surface area contributed by atoms with Crippen LogP contribution in [0.1, 0.15) is 21.6 Å². The number of methoxy groups -OCH3 is 1. The SMILES string of the molecule is COCc1nc(-c2ccc(C(F)(F)F)cc2)ccc1C(=O)O. The smallest absolute Gasteiger partial charge is 0.416 e. The van der Waals surface area contributed by atoms with E-state index in [-0.39, 0.29) is 17.9 Å². The van der Waals surface area contributed by atoms with Gasteiger partial charge in [-0.3, -0.25) is 0 Å². The van der Waals surface area contributed by atoms with Gasteiger partial charge in [0.2, 0.25) is 0 Å². The minimum absolute atomic E-state index is 0.00230. The van der Waals surface area contributed by atoms with Crippen LogP contribution in [0.4, 0.5) is 13.2 Å². The molecule has 0 aliphatic heterocycles. The topological polar surface area (TPSA) is 59.4 Å². The Kier molecular flexibility index (Phi) is 4.46. The lowest BCUT2D eigenvalue weighted by atomic mass is 10.1. The average Bonchev–Trinajstić information content (AvgIpc) is 2.46. The fourth-order valence-electron chi connectivity index (χ4n) is 1.93. The lowest BCUT2D eigenvalue weighted by Gasteiger charge is -2.09. The summed E-state index contributed by atoms with van der Waals surface area (Å²) in [7, 11) is 1.40. The summed E-state index contributed by atoms with van der Waals surface area (Å²) in [6, 6.07) is 7.31. The van der Waals surface area contributed by atoms with Crippen molar-refractivity contribution in [3.05, 3.63) is 53.2 Å². The Morgan fingerprint density at radius 1 is 1.18 bits per heavy atom. The third kappa shape index (κ3) is 3.43. The van der Waals surface area contributed by atoms with Crippen molar-refractivity contribution in [2.24, 2.45) is 0 Å². The van der Waals surface area contributed by atoms with E-state index in [1.807, 2.05) is 0 Å². The van der Waals surface area contributed by atoms with E-state index in [4.69, 9.17) is 9.84 Å². The monoisotopic (exact) mass is 311 g/mol. The van der Waals surface area contributed by atoms with Gasteiger partial charge in [0.15, 0.2) is 0 Å². The number of ether oxygens (including phenoxy) is 1. The van der Waals surface area contributed by atoms with Gasteiger partial charge in [0.1, 0.15) is 0 Å². The summed E-state index contributed by atoms with van der Waals surface area (Å²) in [5.41, 5.74) is 0.300. The number of pyridine rings is 1. The molecule has 4 nitrogen and oxygen atoms in total. The molecule has 2 rings (SSSR count). The molecular formula is C15H12F3NO3. The molecule has 0 fully saturated rings. The van der Waals surface area contributed by atoms with Crippen LogP contribution in [0.15, 0.2) is 36.4 Å². The highest BCUT2D eigenvalue weighted by Crippen LogP contribution is 2.30. The van der Waals surface area contributed by atoms with Gasteiger partial charge in [0.25, 0.3) is 0 Å². The molecule has 0 spiro atoms. The Bertz CT molecular complexity index is 681. The van der Waals surface area contributed by atoms with Crippen LogP contribution >= 0.6 is 0 Å². The summed E-state index contributed by atoms with van der Waals surface area (Å²) < 4.78 is 42.5. The van der Waals surface area contributed by atoms with Gasteiger partial charge in [-0.15, -0.1) is 0 Å². The molecule has 0 amide bonds. The van der Waals surface area contributed by atoms with E-state index < -0.39 is 17.7 Å². The number of halogens is 3. The molecule has 0 radical (unpaired) electrons. The second kappa shape index (κ2) is 6.15. The Morgan fingerprint density at radius 2 is 1.82 bits per heavy atom. The predicted molar refractivity (Wildman–Crippen MR) is 72.3 cm³/mol. The van der Waals surface area contributed by atoms with Crippen LogP contribution in [-0.2, 0) is 17.5 Å². The zero-order chi connectivity index (χ0) is 16.3. The molecule has 1 heterocycles. The number of hydrogen-bond donors (Lipinski definition) is 1. The number of alkyl halides is 3. The van der Waals surface area contributed by atoms with Crippen molar-refractivity contribution in [2.45, 2.75) is 12.8 Å². The van der Waals surface area contributed by atoms with Gasteiger partial charge >= 0.3 is 12.1 Å². The van der Waals surface area contributed by atoms with Crippen LogP contribution < -0.4 is 0 Å². The van der Waals surface area contributed by atoms with Crippen molar-refractivity contribution in [1.29, 1.82) is 0 Å². The molecule has 2 aromatic rings. The van der Waals surface area contributed by atoms with Crippen LogP contribution in [0, 0.1) is 0 Å². The molecule has 1 aromatic carbocycles. The summed E-state index contributed by atoms with van der Waals surface area (Å²) in [5.74, 6) is -1.14. The first-order chi connectivity index (χ1) is 10.3. The van der Waals surface area contributed by atoms with Gasteiger partial charge in [-0.25, -0.2) is 9.78 Å². The first-order valence-electron chi connectivity index (χ1n) is 6.22. The van der Waals surface area contributed by atoms with Crippen molar-refractivity contribution in [1.82, 2.24) is 4.98 Å². The van der Waals surface area contributed by atoms with Crippen LogP contribution in [0.3, 0.4) is 0 Å². The predicted octanol–water partition coefficient (Wildman–Crippen LogP) is 3.61. The molecule has 0 saturated heterocycles. The number of nitrogens with zero attached hydrogens (tertiary/aromatic N) is 1. The first kappa shape index (κ1) is 16.0. The molecule has 0 bridgehead atoms. The summed E-state index contributed by atoms with van der Waals surface area (Å²) in [5, 5.41) is 9.06. The lowest BCUT2D eigenvalue weighted by Crippen LogP contribution is -2.07. The van der Waals surface area contributed by atoms with Crippen molar-refractivity contribution in [2.75, 3.05) is 7.11 Å². The normalized spacial score (nSPS) is 11.5. The maximum atomic E-state index is 12.5. The van der Waals surface area contributed by atoms with Crippen molar-refractivity contribution < 1.29 is 27.8 Å². The summed E-state index contributed by atoms with van der Waals surface area (Å²) in [6.45, 7) is -0.00386. The third-order valence-electron chi connectivity index (χ3n) is 2.99. The summed E-state index contributed by atoms with van der Waals surface area (Å²) in [4.78, 5) is 15.2. The Labute approximate surface area is 124 Å². The van der Waals surface area contributed by atoms with Gasteiger partial charge in [0, 0.05) is 12.7 Å². The number of hydrogen-bond acceptors (Lipinski definition) is 3. The Morgan fingerprint density at radius 3 is 2.32 bits per heavy atom. The zero-order valence-corrected chi connectivity index (χ0v) is 11.5. The van der Waals surface area contributed by atoms with E-state index in [0.29, 0.717) is 11.3 Å². The number of aromatic carboxylic acids is 1. The van der Waals surface area contributed by atoms with Crippen molar-refractivity contribution in [3.63, 3.8) is 0 Å². The molecule has 0 atom stereocenters. The van der Waals surface area contributed by atoms with Crippen LogP contribution in [-0.4, -0.2) is 23.2 Å². The fraction of sp³-hybridized carbons (Fsp3) is 0.200. The van der Waals surface area contributed by atoms with Crippen LogP contribution in [0.2, 0.25) is 0 Å². The molecule has 116 valence electrons. The number of aromatic nitrogens is 1. The van der Waals surface area contributed by atoms with E-state index >= 15 is 0 Å². The average molecular weight is 311 g/mol. The molecule has 7 heteroatoms.